The number of anilines is 1. The van der Waals surface area contributed by atoms with Gasteiger partial charge in [-0.25, -0.2) is 0 Å². The number of hydrogen-bond donors (Lipinski definition) is 2. The Morgan fingerprint density at radius 2 is 1.88 bits per heavy atom. The number of aromatic nitrogens is 1. The fourth-order valence-corrected chi connectivity index (χ4v) is 2.24. The monoisotopic (exact) mass is 234 g/mol. The molecule has 1 amide bonds. The Morgan fingerprint density at radius 3 is 2.53 bits per heavy atom. The molecule has 0 bridgehead atoms. The maximum atomic E-state index is 11.9. The van der Waals surface area contributed by atoms with E-state index in [1.807, 2.05) is 0 Å². The highest BCUT2D eigenvalue weighted by Gasteiger charge is 2.37. The van der Waals surface area contributed by atoms with Gasteiger partial charge in [-0.2, -0.15) is 0 Å². The van der Waals surface area contributed by atoms with Crippen LogP contribution in [0.15, 0.2) is 24.5 Å². The Morgan fingerprint density at radius 1 is 1.24 bits per heavy atom. The van der Waals surface area contributed by atoms with Gasteiger partial charge in [0.25, 0.3) is 0 Å². The summed E-state index contributed by atoms with van der Waals surface area (Å²) >= 11 is 0. The Balaban J connectivity index is 2.03. The predicted molar refractivity (Wildman–Crippen MR) is 61.3 cm³/mol. The lowest BCUT2D eigenvalue weighted by Gasteiger charge is -2.15. The Hall–Kier alpha value is -1.91. The lowest BCUT2D eigenvalue weighted by molar-refractivity contribution is -0.145. The van der Waals surface area contributed by atoms with E-state index in [1.54, 1.807) is 24.5 Å². The number of carbonyl (C=O) groups is 2. The quantitative estimate of drug-likeness (QED) is 0.831. The standard InChI is InChI=1S/C12H14N2O3/c15-11(14-8-4-6-13-7-5-8)9-2-1-3-10(9)12(16)17/h4-7,9-10H,1-3H2,(H,16,17)(H,13,14,15). The first kappa shape index (κ1) is 11.6. The number of carboxylic acids is 1. The van der Waals surface area contributed by atoms with Gasteiger partial charge in [0.15, 0.2) is 0 Å². The van der Waals surface area contributed by atoms with Crippen molar-refractivity contribution in [2.24, 2.45) is 11.8 Å². The third-order valence-corrected chi connectivity index (χ3v) is 3.12. The number of hydrogen-bond acceptors (Lipinski definition) is 3. The van der Waals surface area contributed by atoms with Gasteiger partial charge in [-0.1, -0.05) is 6.42 Å². The fraction of sp³-hybridized carbons (Fsp3) is 0.417. The van der Waals surface area contributed by atoms with Crippen molar-refractivity contribution in [1.29, 1.82) is 0 Å². The van der Waals surface area contributed by atoms with Crippen molar-refractivity contribution < 1.29 is 14.7 Å². The average molecular weight is 234 g/mol. The third kappa shape index (κ3) is 2.61. The van der Waals surface area contributed by atoms with Crippen LogP contribution in [0.25, 0.3) is 0 Å². The number of carbonyl (C=O) groups excluding carboxylic acids is 1. The molecular formula is C12H14N2O3. The molecule has 1 fully saturated rings. The first-order valence-electron chi connectivity index (χ1n) is 5.62. The summed E-state index contributed by atoms with van der Waals surface area (Å²) < 4.78 is 0. The predicted octanol–water partition coefficient (Wildman–Crippen LogP) is 1.52. The van der Waals surface area contributed by atoms with Gasteiger partial charge in [0.05, 0.1) is 11.8 Å². The van der Waals surface area contributed by atoms with Crippen molar-refractivity contribution in [3.05, 3.63) is 24.5 Å². The Bertz CT molecular complexity index is 419. The van der Waals surface area contributed by atoms with E-state index in [1.165, 1.54) is 0 Å². The van der Waals surface area contributed by atoms with Crippen molar-refractivity contribution in [2.75, 3.05) is 5.32 Å². The van der Waals surface area contributed by atoms with Crippen LogP contribution in [-0.2, 0) is 9.59 Å². The van der Waals surface area contributed by atoms with Crippen LogP contribution in [0.1, 0.15) is 19.3 Å². The molecule has 1 aromatic rings. The number of nitrogens with one attached hydrogen (secondary N) is 1. The highest BCUT2D eigenvalue weighted by Crippen LogP contribution is 2.32. The summed E-state index contributed by atoms with van der Waals surface area (Å²) in [6, 6.07) is 3.37. The summed E-state index contributed by atoms with van der Waals surface area (Å²) in [5.74, 6) is -2.05. The molecular weight excluding hydrogens is 220 g/mol. The van der Waals surface area contributed by atoms with E-state index in [9.17, 15) is 9.59 Å². The molecule has 1 aliphatic rings. The highest BCUT2D eigenvalue weighted by molar-refractivity contribution is 5.95. The zero-order valence-electron chi connectivity index (χ0n) is 9.30. The number of amides is 1. The minimum absolute atomic E-state index is 0.207. The first-order chi connectivity index (χ1) is 8.18. The number of rotatable bonds is 3. The Kier molecular flexibility index (Phi) is 3.37. The molecule has 1 aliphatic carbocycles. The molecule has 0 spiro atoms. The molecule has 5 heteroatoms. The van der Waals surface area contributed by atoms with E-state index in [0.717, 1.165) is 6.42 Å². The van der Waals surface area contributed by atoms with Crippen molar-refractivity contribution in [3.63, 3.8) is 0 Å². The molecule has 0 radical (unpaired) electrons. The van der Waals surface area contributed by atoms with Gasteiger partial charge >= 0.3 is 5.97 Å². The second-order valence-corrected chi connectivity index (χ2v) is 4.21. The molecule has 2 N–H and O–H groups in total. The summed E-state index contributed by atoms with van der Waals surface area (Å²) in [6.07, 6.45) is 5.20. The molecule has 2 unspecified atom stereocenters. The molecule has 1 heterocycles. The average Bonchev–Trinajstić information content (AvgIpc) is 2.79. The Labute approximate surface area is 98.9 Å². The zero-order chi connectivity index (χ0) is 12.3. The van der Waals surface area contributed by atoms with Crippen LogP contribution < -0.4 is 5.32 Å². The highest BCUT2D eigenvalue weighted by atomic mass is 16.4. The van der Waals surface area contributed by atoms with Crippen molar-refractivity contribution in [1.82, 2.24) is 4.98 Å². The smallest absolute Gasteiger partial charge is 0.307 e. The normalized spacial score (nSPS) is 23.3. The number of nitrogens with zero attached hydrogens (tertiary/aromatic N) is 1. The topological polar surface area (TPSA) is 79.3 Å². The lowest BCUT2D eigenvalue weighted by atomic mass is 9.95. The second kappa shape index (κ2) is 4.95. The van der Waals surface area contributed by atoms with E-state index in [2.05, 4.69) is 10.3 Å². The van der Waals surface area contributed by atoms with Gasteiger partial charge in [0, 0.05) is 18.1 Å². The van der Waals surface area contributed by atoms with Crippen LogP contribution in [0, 0.1) is 11.8 Å². The van der Waals surface area contributed by atoms with Gasteiger partial charge in [-0.3, -0.25) is 14.6 Å². The molecule has 0 aliphatic heterocycles. The molecule has 0 saturated heterocycles. The lowest BCUT2D eigenvalue weighted by Crippen LogP contribution is -2.29. The van der Waals surface area contributed by atoms with E-state index in [4.69, 9.17) is 5.11 Å². The molecule has 1 saturated carbocycles. The number of carboxylic acid groups (broad SMARTS) is 1. The van der Waals surface area contributed by atoms with E-state index in [-0.39, 0.29) is 5.91 Å². The van der Waals surface area contributed by atoms with Crippen LogP contribution in [0.2, 0.25) is 0 Å². The number of aliphatic carboxylic acids is 1. The summed E-state index contributed by atoms with van der Waals surface area (Å²) in [5.41, 5.74) is 0.654. The second-order valence-electron chi connectivity index (χ2n) is 4.21. The summed E-state index contributed by atoms with van der Waals surface area (Å²) in [7, 11) is 0. The fourth-order valence-electron chi connectivity index (χ4n) is 2.24. The molecule has 5 nitrogen and oxygen atoms in total. The van der Waals surface area contributed by atoms with Crippen molar-refractivity contribution >= 4 is 17.6 Å². The summed E-state index contributed by atoms with van der Waals surface area (Å²) in [6.45, 7) is 0. The van der Waals surface area contributed by atoms with Gasteiger partial charge in [0.2, 0.25) is 5.91 Å². The summed E-state index contributed by atoms with van der Waals surface area (Å²) in [4.78, 5) is 26.8. The largest absolute Gasteiger partial charge is 0.481 e. The SMILES string of the molecule is O=C(O)C1CCCC1C(=O)Nc1ccncc1. The maximum Gasteiger partial charge on any atom is 0.307 e. The summed E-state index contributed by atoms with van der Waals surface area (Å²) in [5, 5.41) is 11.7. The van der Waals surface area contributed by atoms with Crippen LogP contribution in [0.4, 0.5) is 5.69 Å². The molecule has 90 valence electrons. The van der Waals surface area contributed by atoms with Crippen molar-refractivity contribution in [3.8, 4) is 0 Å². The molecule has 17 heavy (non-hydrogen) atoms. The molecule has 0 aromatic carbocycles. The molecule has 2 rings (SSSR count). The van der Waals surface area contributed by atoms with Gasteiger partial charge < -0.3 is 10.4 Å². The van der Waals surface area contributed by atoms with Crippen LogP contribution in [-0.4, -0.2) is 22.0 Å². The van der Waals surface area contributed by atoms with E-state index >= 15 is 0 Å². The van der Waals surface area contributed by atoms with Crippen LogP contribution >= 0.6 is 0 Å². The van der Waals surface area contributed by atoms with Gasteiger partial charge in [0.1, 0.15) is 0 Å². The van der Waals surface area contributed by atoms with Crippen LogP contribution in [0.5, 0.6) is 0 Å². The van der Waals surface area contributed by atoms with E-state index in [0.29, 0.717) is 18.5 Å². The van der Waals surface area contributed by atoms with Crippen molar-refractivity contribution in [2.45, 2.75) is 19.3 Å². The number of pyridine rings is 1. The van der Waals surface area contributed by atoms with Gasteiger partial charge in [-0.15, -0.1) is 0 Å². The van der Waals surface area contributed by atoms with Gasteiger partial charge in [-0.05, 0) is 25.0 Å². The third-order valence-electron chi connectivity index (χ3n) is 3.12. The molecule has 2 atom stereocenters. The zero-order valence-corrected chi connectivity index (χ0v) is 9.30. The van der Waals surface area contributed by atoms with Crippen LogP contribution in [0.3, 0.4) is 0 Å². The first-order valence-corrected chi connectivity index (χ1v) is 5.62. The molecule has 1 aromatic heterocycles. The minimum atomic E-state index is -0.877. The van der Waals surface area contributed by atoms with E-state index < -0.39 is 17.8 Å². The maximum absolute atomic E-state index is 11.9. The minimum Gasteiger partial charge on any atom is -0.481 e.